The Balaban J connectivity index is 1.47. The zero-order chi connectivity index (χ0) is 21.8. The van der Waals surface area contributed by atoms with E-state index in [-0.39, 0.29) is 19.2 Å². The zero-order valence-electron chi connectivity index (χ0n) is 16.2. The van der Waals surface area contributed by atoms with Crippen molar-refractivity contribution in [3.63, 3.8) is 0 Å². The van der Waals surface area contributed by atoms with Gasteiger partial charge in [-0.1, -0.05) is 30.3 Å². The molecule has 162 valence electrons. The van der Waals surface area contributed by atoms with E-state index in [1.54, 1.807) is 6.20 Å². The maximum absolute atomic E-state index is 13.3. The number of benzene rings is 1. The number of alkyl halides is 3. The second-order valence-corrected chi connectivity index (χ2v) is 6.94. The van der Waals surface area contributed by atoms with Crippen LogP contribution in [0, 0.1) is 0 Å². The van der Waals surface area contributed by atoms with E-state index in [2.05, 4.69) is 20.3 Å². The highest BCUT2D eigenvalue weighted by atomic mass is 19.4. The first kappa shape index (κ1) is 21.0. The van der Waals surface area contributed by atoms with Crippen molar-refractivity contribution in [2.75, 3.05) is 18.5 Å². The Morgan fingerprint density at radius 2 is 1.90 bits per heavy atom. The van der Waals surface area contributed by atoms with Gasteiger partial charge in [0, 0.05) is 24.5 Å². The third-order valence-electron chi connectivity index (χ3n) is 4.69. The summed E-state index contributed by atoms with van der Waals surface area (Å²) in [6.45, 7) is 0.271. The highest BCUT2D eigenvalue weighted by molar-refractivity contribution is 5.59. The molecule has 4 rings (SSSR count). The van der Waals surface area contributed by atoms with Crippen molar-refractivity contribution >= 4 is 5.95 Å². The largest absolute Gasteiger partial charge is 0.468 e. The monoisotopic (exact) mass is 432 g/mol. The quantitative estimate of drug-likeness (QED) is 0.618. The smallest absolute Gasteiger partial charge is 0.423 e. The standard InChI is InChI=1S/C21H19F3N4O3/c22-21(23,24)15-10-27-20(28-19(15)31-18-12-30-11-17(18)29)26-9-13-4-6-14(7-5-13)16-3-1-2-8-25-16/h1-8,10,17-18,29H,9,11-12H2,(H,26,27,28)/t17-,18+/m0/s1. The van der Waals surface area contributed by atoms with Crippen LogP contribution >= 0.6 is 0 Å². The molecule has 7 nitrogen and oxygen atoms in total. The molecule has 0 radical (unpaired) electrons. The van der Waals surface area contributed by atoms with Crippen LogP contribution in [0.2, 0.25) is 0 Å². The Bertz CT molecular complexity index is 1020. The highest BCUT2D eigenvalue weighted by Gasteiger charge is 2.38. The summed E-state index contributed by atoms with van der Waals surface area (Å²) in [5.41, 5.74) is 1.55. The number of aromatic nitrogens is 3. The van der Waals surface area contributed by atoms with E-state index in [0.29, 0.717) is 12.7 Å². The van der Waals surface area contributed by atoms with Gasteiger partial charge in [0.1, 0.15) is 11.7 Å². The molecule has 0 bridgehead atoms. The number of ether oxygens (including phenoxy) is 2. The van der Waals surface area contributed by atoms with Gasteiger partial charge in [-0.25, -0.2) is 4.98 Å². The van der Waals surface area contributed by atoms with E-state index < -0.39 is 29.8 Å². The fraction of sp³-hybridized carbons (Fsp3) is 0.286. The van der Waals surface area contributed by atoms with Gasteiger partial charge in [0.25, 0.3) is 0 Å². The minimum Gasteiger partial charge on any atom is -0.468 e. The normalized spacial score (nSPS) is 18.7. The molecule has 3 aromatic rings. The Kier molecular flexibility index (Phi) is 6.01. The number of anilines is 1. The molecule has 2 aromatic heterocycles. The number of hydrogen-bond acceptors (Lipinski definition) is 7. The van der Waals surface area contributed by atoms with Crippen molar-refractivity contribution in [3.05, 3.63) is 66.0 Å². The van der Waals surface area contributed by atoms with Crippen molar-refractivity contribution in [3.8, 4) is 17.1 Å². The molecule has 3 heterocycles. The first-order valence-corrected chi connectivity index (χ1v) is 9.51. The molecule has 0 saturated carbocycles. The van der Waals surface area contributed by atoms with Crippen molar-refractivity contribution < 1.29 is 27.8 Å². The predicted molar refractivity (Wildman–Crippen MR) is 105 cm³/mol. The summed E-state index contributed by atoms with van der Waals surface area (Å²) in [7, 11) is 0. The molecule has 10 heteroatoms. The maximum Gasteiger partial charge on any atom is 0.423 e. The van der Waals surface area contributed by atoms with E-state index >= 15 is 0 Å². The molecular weight excluding hydrogens is 413 g/mol. The lowest BCUT2D eigenvalue weighted by Crippen LogP contribution is -2.31. The summed E-state index contributed by atoms with van der Waals surface area (Å²) in [5, 5.41) is 12.7. The maximum atomic E-state index is 13.3. The average molecular weight is 432 g/mol. The topological polar surface area (TPSA) is 89.4 Å². The molecule has 2 atom stereocenters. The zero-order valence-corrected chi connectivity index (χ0v) is 16.2. The molecule has 1 fully saturated rings. The van der Waals surface area contributed by atoms with Crippen molar-refractivity contribution in [2.45, 2.75) is 24.9 Å². The number of nitrogens with one attached hydrogen (secondary N) is 1. The van der Waals surface area contributed by atoms with Crippen molar-refractivity contribution in [2.24, 2.45) is 0 Å². The number of hydrogen-bond donors (Lipinski definition) is 2. The Labute approximate surface area is 175 Å². The average Bonchev–Trinajstić information content (AvgIpc) is 3.17. The summed E-state index contributed by atoms with van der Waals surface area (Å²) >= 11 is 0. The summed E-state index contributed by atoms with van der Waals surface area (Å²) in [5.74, 6) is -0.671. The van der Waals surface area contributed by atoms with Crippen LogP contribution in [-0.4, -0.2) is 45.5 Å². The lowest BCUT2D eigenvalue weighted by molar-refractivity contribution is -0.140. The van der Waals surface area contributed by atoms with E-state index in [4.69, 9.17) is 9.47 Å². The minimum atomic E-state index is -4.69. The van der Waals surface area contributed by atoms with Crippen molar-refractivity contribution in [1.29, 1.82) is 0 Å². The molecule has 31 heavy (non-hydrogen) atoms. The molecule has 1 aliphatic rings. The number of rotatable bonds is 6. The molecule has 0 amide bonds. The van der Waals surface area contributed by atoms with Gasteiger partial charge in [-0.2, -0.15) is 18.2 Å². The Hall–Kier alpha value is -3.24. The second kappa shape index (κ2) is 8.86. The predicted octanol–water partition coefficient (Wildman–Crippen LogP) is 3.31. The Morgan fingerprint density at radius 3 is 2.55 bits per heavy atom. The Morgan fingerprint density at radius 1 is 1.10 bits per heavy atom. The van der Waals surface area contributed by atoms with Gasteiger partial charge >= 0.3 is 6.18 Å². The summed E-state index contributed by atoms with van der Waals surface area (Å²) in [6, 6.07) is 13.2. The van der Waals surface area contributed by atoms with Crippen LogP contribution in [0.1, 0.15) is 11.1 Å². The van der Waals surface area contributed by atoms with E-state index in [9.17, 15) is 18.3 Å². The highest BCUT2D eigenvalue weighted by Crippen LogP contribution is 2.36. The lowest BCUT2D eigenvalue weighted by Gasteiger charge is -2.18. The number of aliphatic hydroxyl groups is 1. The van der Waals surface area contributed by atoms with Crippen LogP contribution in [0.5, 0.6) is 5.88 Å². The van der Waals surface area contributed by atoms with Crippen molar-refractivity contribution in [1.82, 2.24) is 15.0 Å². The van der Waals surface area contributed by atoms with Gasteiger partial charge < -0.3 is 19.9 Å². The molecular formula is C21H19F3N4O3. The van der Waals surface area contributed by atoms with E-state index in [1.165, 1.54) is 0 Å². The van der Waals surface area contributed by atoms with Crippen LogP contribution in [0.25, 0.3) is 11.3 Å². The third-order valence-corrected chi connectivity index (χ3v) is 4.69. The van der Waals surface area contributed by atoms with Gasteiger partial charge in [-0.3, -0.25) is 4.98 Å². The molecule has 1 aromatic carbocycles. The molecule has 0 aliphatic carbocycles. The molecule has 1 saturated heterocycles. The van der Waals surface area contributed by atoms with Gasteiger partial charge in [-0.05, 0) is 17.7 Å². The summed E-state index contributed by atoms with van der Waals surface area (Å²) in [6.07, 6.45) is -4.27. The van der Waals surface area contributed by atoms with Gasteiger partial charge in [0.15, 0.2) is 6.10 Å². The van der Waals surface area contributed by atoms with Gasteiger partial charge in [0.2, 0.25) is 11.8 Å². The van der Waals surface area contributed by atoms with Crippen LogP contribution in [0.3, 0.4) is 0 Å². The summed E-state index contributed by atoms with van der Waals surface area (Å²) < 4.78 is 50.2. The molecule has 1 aliphatic heterocycles. The molecule has 0 spiro atoms. The van der Waals surface area contributed by atoms with E-state index in [1.807, 2.05) is 42.5 Å². The van der Waals surface area contributed by atoms with Crippen LogP contribution in [-0.2, 0) is 17.5 Å². The third kappa shape index (κ3) is 5.09. The lowest BCUT2D eigenvalue weighted by atomic mass is 10.1. The number of aliphatic hydroxyl groups excluding tert-OH is 1. The number of halogens is 3. The number of pyridine rings is 1. The SMILES string of the molecule is O[C@H]1COC[C@H]1Oc1nc(NCc2ccc(-c3ccccn3)cc2)ncc1C(F)(F)F. The van der Waals surface area contributed by atoms with Gasteiger partial charge in [0.05, 0.1) is 18.9 Å². The molecule has 2 N–H and O–H groups in total. The van der Waals surface area contributed by atoms with Gasteiger partial charge in [-0.15, -0.1) is 0 Å². The second-order valence-electron chi connectivity index (χ2n) is 6.94. The number of nitrogens with zero attached hydrogens (tertiary/aromatic N) is 3. The summed E-state index contributed by atoms with van der Waals surface area (Å²) in [4.78, 5) is 11.9. The fourth-order valence-electron chi connectivity index (χ4n) is 3.02. The molecule has 0 unspecified atom stereocenters. The van der Waals surface area contributed by atoms with Crippen LogP contribution in [0.4, 0.5) is 19.1 Å². The van der Waals surface area contributed by atoms with Crippen LogP contribution < -0.4 is 10.1 Å². The van der Waals surface area contributed by atoms with E-state index in [0.717, 1.165) is 16.8 Å². The van der Waals surface area contributed by atoms with Crippen LogP contribution in [0.15, 0.2) is 54.9 Å². The first-order chi connectivity index (χ1) is 14.9. The fourth-order valence-corrected chi connectivity index (χ4v) is 3.02. The first-order valence-electron chi connectivity index (χ1n) is 9.51. The minimum absolute atomic E-state index is 0.00327.